The molecule has 0 saturated heterocycles. The van der Waals surface area contributed by atoms with Crippen molar-refractivity contribution in [3.8, 4) is 0 Å². The molecule has 2 N–H and O–H groups in total. The third-order valence-corrected chi connectivity index (χ3v) is 5.14. The number of sulfonamides is 1. The van der Waals surface area contributed by atoms with Crippen molar-refractivity contribution in [2.45, 2.75) is 13.3 Å². The molecule has 0 atom stereocenters. The number of hydrogen-bond donors (Lipinski definition) is 2. The molecule has 2 aromatic carbocycles. The Kier molecular flexibility index (Phi) is 7.42. The first-order valence-electron chi connectivity index (χ1n) is 8.62. The van der Waals surface area contributed by atoms with Crippen molar-refractivity contribution >= 4 is 44.8 Å². The molecule has 0 aliphatic heterocycles. The second kappa shape index (κ2) is 9.57. The van der Waals surface area contributed by atoms with Crippen molar-refractivity contribution in [2.75, 3.05) is 29.0 Å². The molecule has 2 rings (SSSR count). The lowest BCUT2D eigenvalue weighted by Gasteiger charge is -2.22. The Hall–Kier alpha value is -2.58. The van der Waals surface area contributed by atoms with Crippen LogP contribution in [-0.4, -0.2) is 39.6 Å². The van der Waals surface area contributed by atoms with Crippen LogP contribution in [0.15, 0.2) is 48.5 Å². The number of amides is 2. The summed E-state index contributed by atoms with van der Waals surface area (Å²) in [7, 11) is -3.73. The molecule has 0 spiro atoms. The van der Waals surface area contributed by atoms with E-state index in [1.807, 2.05) is 6.92 Å². The van der Waals surface area contributed by atoms with Gasteiger partial charge in [-0.05, 0) is 36.8 Å². The van der Waals surface area contributed by atoms with Crippen molar-refractivity contribution in [1.29, 1.82) is 0 Å². The molecule has 0 saturated carbocycles. The highest BCUT2D eigenvalue weighted by molar-refractivity contribution is 7.92. The van der Waals surface area contributed by atoms with Crippen LogP contribution in [0.1, 0.15) is 23.7 Å². The molecular formula is C19H22ClN3O4S. The van der Waals surface area contributed by atoms with Gasteiger partial charge in [0.15, 0.2) is 0 Å². The predicted molar refractivity (Wildman–Crippen MR) is 111 cm³/mol. The molecule has 0 heterocycles. The molecule has 0 fully saturated rings. The van der Waals surface area contributed by atoms with Crippen LogP contribution in [0.3, 0.4) is 0 Å². The summed E-state index contributed by atoms with van der Waals surface area (Å²) in [6.45, 7) is 1.99. The van der Waals surface area contributed by atoms with Crippen molar-refractivity contribution in [3.05, 3.63) is 59.1 Å². The van der Waals surface area contributed by atoms with Crippen molar-refractivity contribution in [3.63, 3.8) is 0 Å². The molecule has 0 aromatic heterocycles. The smallest absolute Gasteiger partial charge is 0.253 e. The van der Waals surface area contributed by atoms with E-state index in [4.69, 9.17) is 11.6 Å². The average Bonchev–Trinajstić information content (AvgIpc) is 2.63. The van der Waals surface area contributed by atoms with Gasteiger partial charge in [0.25, 0.3) is 5.91 Å². The molecule has 0 unspecified atom stereocenters. The number of nitrogens with one attached hydrogen (secondary N) is 2. The van der Waals surface area contributed by atoms with Gasteiger partial charge in [-0.15, -0.1) is 0 Å². The van der Waals surface area contributed by atoms with Gasteiger partial charge < -0.3 is 10.6 Å². The highest BCUT2D eigenvalue weighted by atomic mass is 35.5. The van der Waals surface area contributed by atoms with E-state index in [0.29, 0.717) is 22.8 Å². The minimum absolute atomic E-state index is 0.277. The Labute approximate surface area is 169 Å². The molecule has 0 aliphatic rings. The van der Waals surface area contributed by atoms with E-state index in [9.17, 15) is 18.0 Å². The van der Waals surface area contributed by atoms with Gasteiger partial charge in [-0.3, -0.25) is 13.9 Å². The summed E-state index contributed by atoms with van der Waals surface area (Å²) in [5, 5.41) is 5.72. The van der Waals surface area contributed by atoms with Gasteiger partial charge >= 0.3 is 0 Å². The molecule has 9 heteroatoms. The fourth-order valence-corrected chi connectivity index (χ4v) is 3.51. The third-order valence-electron chi connectivity index (χ3n) is 3.77. The lowest BCUT2D eigenvalue weighted by atomic mass is 10.1. The summed E-state index contributed by atoms with van der Waals surface area (Å²) >= 11 is 5.94. The first-order valence-corrected chi connectivity index (χ1v) is 10.9. The Balaban J connectivity index is 2.21. The van der Waals surface area contributed by atoms with Crippen LogP contribution in [0.2, 0.25) is 5.02 Å². The van der Waals surface area contributed by atoms with Crippen molar-refractivity contribution < 1.29 is 18.0 Å². The van der Waals surface area contributed by atoms with Gasteiger partial charge in [0.05, 0.1) is 23.2 Å². The monoisotopic (exact) mass is 423 g/mol. The number of nitrogens with zero attached hydrogens (tertiary/aromatic N) is 1. The van der Waals surface area contributed by atoms with Gasteiger partial charge in [0.1, 0.15) is 6.54 Å². The van der Waals surface area contributed by atoms with Crippen LogP contribution in [-0.2, 0) is 14.8 Å². The summed E-state index contributed by atoms with van der Waals surface area (Å²) in [4.78, 5) is 24.8. The number of rotatable bonds is 8. The molecule has 0 aliphatic carbocycles. The normalized spacial score (nSPS) is 11.0. The lowest BCUT2D eigenvalue weighted by molar-refractivity contribution is -0.114. The maximum absolute atomic E-state index is 12.5. The van der Waals surface area contributed by atoms with Gasteiger partial charge in [0, 0.05) is 11.6 Å². The predicted octanol–water partition coefficient (Wildman–Crippen LogP) is 2.88. The van der Waals surface area contributed by atoms with Gasteiger partial charge in [-0.25, -0.2) is 8.42 Å². The van der Waals surface area contributed by atoms with E-state index >= 15 is 0 Å². The van der Waals surface area contributed by atoms with Crippen LogP contribution in [0, 0.1) is 0 Å². The summed E-state index contributed by atoms with van der Waals surface area (Å²) in [5.74, 6) is -0.895. The standard InChI is InChI=1S/C19H22ClN3O4S/c1-3-11-21-19(25)16-9-4-5-10-17(16)22-18(24)13-23(28(2,26)27)15-8-6-7-14(20)12-15/h4-10,12H,3,11,13H2,1-2H3,(H,21,25)(H,22,24). The van der Waals surface area contributed by atoms with Crippen LogP contribution in [0.4, 0.5) is 11.4 Å². The fourth-order valence-electron chi connectivity index (χ4n) is 2.48. The number of carbonyl (C=O) groups is 2. The van der Waals surface area contributed by atoms with Crippen LogP contribution >= 0.6 is 11.6 Å². The summed E-state index contributed by atoms with van der Waals surface area (Å²) in [6, 6.07) is 12.8. The van der Waals surface area contributed by atoms with E-state index in [1.54, 1.807) is 42.5 Å². The molecule has 0 bridgehead atoms. The van der Waals surface area contributed by atoms with Crippen LogP contribution < -0.4 is 14.9 Å². The van der Waals surface area contributed by atoms with Gasteiger partial charge in [-0.1, -0.05) is 36.7 Å². The first kappa shape index (κ1) is 21.7. The molecule has 0 radical (unpaired) electrons. The molecule has 2 amide bonds. The number of halogens is 1. The second-order valence-corrected chi connectivity index (χ2v) is 8.44. The van der Waals surface area contributed by atoms with Crippen molar-refractivity contribution in [1.82, 2.24) is 5.32 Å². The lowest BCUT2D eigenvalue weighted by Crippen LogP contribution is -2.37. The minimum Gasteiger partial charge on any atom is -0.352 e. The van der Waals surface area contributed by atoms with E-state index in [-0.39, 0.29) is 11.6 Å². The highest BCUT2D eigenvalue weighted by Gasteiger charge is 2.22. The fraction of sp³-hybridized carbons (Fsp3) is 0.263. The molecule has 28 heavy (non-hydrogen) atoms. The quantitative estimate of drug-likeness (QED) is 0.682. The van der Waals surface area contributed by atoms with E-state index < -0.39 is 22.5 Å². The van der Waals surface area contributed by atoms with Gasteiger partial charge in [0.2, 0.25) is 15.9 Å². The topological polar surface area (TPSA) is 95.6 Å². The van der Waals surface area contributed by atoms with Crippen LogP contribution in [0.5, 0.6) is 0 Å². The van der Waals surface area contributed by atoms with Gasteiger partial charge in [-0.2, -0.15) is 0 Å². The zero-order valence-corrected chi connectivity index (χ0v) is 17.2. The summed E-state index contributed by atoms with van der Waals surface area (Å²) in [5.41, 5.74) is 0.887. The number of anilines is 2. The highest BCUT2D eigenvalue weighted by Crippen LogP contribution is 2.22. The Morgan fingerprint density at radius 3 is 2.46 bits per heavy atom. The third kappa shape index (κ3) is 5.97. The average molecular weight is 424 g/mol. The molecule has 2 aromatic rings. The Morgan fingerprint density at radius 2 is 1.82 bits per heavy atom. The maximum Gasteiger partial charge on any atom is 0.253 e. The Morgan fingerprint density at radius 1 is 1.11 bits per heavy atom. The number of carbonyl (C=O) groups excluding carboxylic acids is 2. The number of benzene rings is 2. The maximum atomic E-state index is 12.5. The summed E-state index contributed by atoms with van der Waals surface area (Å²) in [6.07, 6.45) is 1.79. The van der Waals surface area contributed by atoms with Crippen molar-refractivity contribution in [2.24, 2.45) is 0 Å². The van der Waals surface area contributed by atoms with E-state index in [0.717, 1.165) is 17.0 Å². The van der Waals surface area contributed by atoms with Crippen LogP contribution in [0.25, 0.3) is 0 Å². The zero-order valence-electron chi connectivity index (χ0n) is 15.6. The first-order chi connectivity index (χ1) is 13.2. The number of hydrogen-bond acceptors (Lipinski definition) is 4. The SMILES string of the molecule is CCCNC(=O)c1ccccc1NC(=O)CN(c1cccc(Cl)c1)S(C)(=O)=O. The second-order valence-electron chi connectivity index (χ2n) is 6.10. The van der Waals surface area contributed by atoms with E-state index in [1.165, 1.54) is 6.07 Å². The number of para-hydroxylation sites is 1. The zero-order chi connectivity index (χ0) is 20.7. The molecule has 150 valence electrons. The summed E-state index contributed by atoms with van der Waals surface area (Å²) < 4.78 is 25.3. The molecule has 7 nitrogen and oxygen atoms in total. The minimum atomic E-state index is -3.73. The van der Waals surface area contributed by atoms with E-state index in [2.05, 4.69) is 10.6 Å². The largest absolute Gasteiger partial charge is 0.352 e. The Bertz CT molecular complexity index is 963. The molecular weight excluding hydrogens is 402 g/mol.